The zero-order chi connectivity index (χ0) is 24.2. The van der Waals surface area contributed by atoms with Gasteiger partial charge in [0, 0.05) is 0 Å². The lowest BCUT2D eigenvalue weighted by Crippen LogP contribution is -2.20. The van der Waals surface area contributed by atoms with E-state index in [-0.39, 0.29) is 24.8 Å². The average Bonchev–Trinajstić information content (AvgIpc) is 3.69. The molecule has 4 unspecified atom stereocenters. The van der Waals surface area contributed by atoms with Gasteiger partial charge in [-0.25, -0.2) is 0 Å². The summed E-state index contributed by atoms with van der Waals surface area (Å²) in [5.74, 6) is 1.82. The third kappa shape index (κ3) is 7.19. The molecule has 2 fully saturated rings. The van der Waals surface area contributed by atoms with E-state index in [1.807, 2.05) is 13.8 Å². The predicted molar refractivity (Wildman–Crippen MR) is 131 cm³/mol. The monoisotopic (exact) mass is 470 g/mol. The number of benzene rings is 2. The first-order valence-corrected chi connectivity index (χ1v) is 12.3. The van der Waals surface area contributed by atoms with E-state index >= 15 is 0 Å². The summed E-state index contributed by atoms with van der Waals surface area (Å²) in [4.78, 5) is 0. The van der Waals surface area contributed by atoms with Crippen LogP contribution in [0.2, 0.25) is 0 Å². The summed E-state index contributed by atoms with van der Waals surface area (Å²) in [5, 5.41) is 0. The maximum absolute atomic E-state index is 6.07. The van der Waals surface area contributed by atoms with Crippen LogP contribution in [0.5, 0.6) is 11.5 Å². The van der Waals surface area contributed by atoms with E-state index in [4.69, 9.17) is 28.4 Å². The molecule has 6 heteroatoms. The van der Waals surface area contributed by atoms with Gasteiger partial charge in [0.15, 0.2) is 12.6 Å². The molecule has 2 heterocycles. The smallest absolute Gasteiger partial charge is 0.197 e. The Morgan fingerprint density at radius 2 is 1.00 bits per heavy atom. The highest BCUT2D eigenvalue weighted by Crippen LogP contribution is 2.29. The molecular weight excluding hydrogens is 432 g/mol. The normalized spacial score (nSPS) is 20.6. The van der Waals surface area contributed by atoms with E-state index in [9.17, 15) is 0 Å². The lowest BCUT2D eigenvalue weighted by Gasteiger charge is -2.20. The van der Waals surface area contributed by atoms with Crippen LogP contribution in [-0.4, -0.2) is 51.2 Å². The van der Waals surface area contributed by atoms with Crippen LogP contribution in [0.4, 0.5) is 0 Å². The van der Waals surface area contributed by atoms with Crippen molar-refractivity contribution in [3.8, 4) is 11.5 Å². The molecule has 2 aliphatic rings. The molecule has 2 aromatic carbocycles. The molecule has 0 radical (unpaired) electrons. The van der Waals surface area contributed by atoms with Gasteiger partial charge in [0.25, 0.3) is 0 Å². The van der Waals surface area contributed by atoms with Crippen LogP contribution < -0.4 is 9.47 Å². The van der Waals surface area contributed by atoms with Crippen LogP contribution in [0.15, 0.2) is 24.3 Å². The first-order chi connectivity index (χ1) is 16.3. The summed E-state index contributed by atoms with van der Waals surface area (Å²) in [6.07, 6.45) is 1.81. The Labute approximate surface area is 203 Å². The van der Waals surface area contributed by atoms with Gasteiger partial charge >= 0.3 is 0 Å². The Bertz CT molecular complexity index is 853. The maximum atomic E-state index is 6.07. The number of hydrogen-bond donors (Lipinski definition) is 0. The molecule has 0 amide bonds. The van der Waals surface area contributed by atoms with Crippen molar-refractivity contribution in [3.05, 3.63) is 57.6 Å². The van der Waals surface area contributed by atoms with Crippen LogP contribution in [0, 0.1) is 27.7 Å². The minimum absolute atomic E-state index is 0.239. The topological polar surface area (TPSA) is 62.0 Å². The van der Waals surface area contributed by atoms with Crippen molar-refractivity contribution in [2.75, 3.05) is 26.4 Å². The van der Waals surface area contributed by atoms with Gasteiger partial charge in [0.1, 0.15) is 23.7 Å². The quantitative estimate of drug-likeness (QED) is 0.304. The zero-order valence-corrected chi connectivity index (χ0v) is 21.3. The van der Waals surface area contributed by atoms with Crippen molar-refractivity contribution in [3.63, 3.8) is 0 Å². The van der Waals surface area contributed by atoms with Gasteiger partial charge in [-0.15, -0.1) is 0 Å². The minimum Gasteiger partial charge on any atom is -0.465 e. The van der Waals surface area contributed by atoms with Gasteiger partial charge < -0.3 is 28.4 Å². The molecule has 186 valence electrons. The molecule has 2 aromatic rings. The van der Waals surface area contributed by atoms with Crippen molar-refractivity contribution < 1.29 is 28.4 Å². The third-order valence-electron chi connectivity index (χ3n) is 6.15. The summed E-state index contributed by atoms with van der Waals surface area (Å²) in [6.45, 7) is 15.0. The Morgan fingerprint density at radius 1 is 0.676 bits per heavy atom. The Hall–Kier alpha value is -2.12. The van der Waals surface area contributed by atoms with Crippen LogP contribution in [0.25, 0.3) is 0 Å². The first kappa shape index (κ1) is 25.0. The molecule has 4 rings (SSSR count). The highest BCUT2D eigenvalue weighted by atomic mass is 16.7. The molecule has 2 aliphatic heterocycles. The summed E-state index contributed by atoms with van der Waals surface area (Å²) in [6, 6.07) is 8.88. The Balaban J connectivity index is 1.32. The summed E-state index contributed by atoms with van der Waals surface area (Å²) in [7, 11) is 0. The van der Waals surface area contributed by atoms with Gasteiger partial charge in [0.2, 0.25) is 0 Å². The fraction of sp³-hybridized carbons (Fsp3) is 0.571. The lowest BCUT2D eigenvalue weighted by molar-refractivity contribution is -0.0717. The fourth-order valence-electron chi connectivity index (χ4n) is 4.24. The second-order valence-corrected chi connectivity index (χ2v) is 9.57. The van der Waals surface area contributed by atoms with Gasteiger partial charge in [-0.2, -0.15) is 0 Å². The Kier molecular flexibility index (Phi) is 8.14. The number of epoxide rings is 2. The molecule has 2 saturated heterocycles. The molecular formula is C28H38O6. The predicted octanol–water partition coefficient (Wildman–Crippen LogP) is 4.99. The molecule has 0 N–H and O–H groups in total. The lowest BCUT2D eigenvalue weighted by atomic mass is 9.97. The van der Waals surface area contributed by atoms with E-state index in [1.54, 1.807) is 0 Å². The van der Waals surface area contributed by atoms with E-state index in [2.05, 4.69) is 52.0 Å². The number of ether oxygens (including phenoxy) is 6. The summed E-state index contributed by atoms with van der Waals surface area (Å²) in [5.41, 5.74) is 7.15. The Morgan fingerprint density at radius 3 is 1.29 bits per heavy atom. The number of hydrogen-bond acceptors (Lipinski definition) is 6. The van der Waals surface area contributed by atoms with E-state index in [0.29, 0.717) is 13.2 Å². The van der Waals surface area contributed by atoms with Crippen molar-refractivity contribution in [1.82, 2.24) is 0 Å². The fourth-order valence-corrected chi connectivity index (χ4v) is 4.24. The molecule has 34 heavy (non-hydrogen) atoms. The number of rotatable bonds is 13. The molecule has 6 nitrogen and oxygen atoms in total. The zero-order valence-electron chi connectivity index (χ0n) is 21.3. The van der Waals surface area contributed by atoms with Crippen molar-refractivity contribution in [1.29, 1.82) is 0 Å². The maximum Gasteiger partial charge on any atom is 0.197 e. The van der Waals surface area contributed by atoms with Crippen LogP contribution in [0.1, 0.15) is 47.2 Å². The first-order valence-electron chi connectivity index (χ1n) is 12.3. The van der Waals surface area contributed by atoms with Gasteiger partial charge in [-0.3, -0.25) is 0 Å². The SMILES string of the molecule is Cc1cc(CCc2cc(C)c(OC(C)OCC3CO3)c(C)c2)cc(C)c1OC(C)OCC1CO1. The van der Waals surface area contributed by atoms with Crippen LogP contribution in [0.3, 0.4) is 0 Å². The van der Waals surface area contributed by atoms with Crippen molar-refractivity contribution >= 4 is 0 Å². The minimum atomic E-state index is -0.297. The molecule has 0 saturated carbocycles. The van der Waals surface area contributed by atoms with Gasteiger partial charge in [-0.05, 0) is 87.8 Å². The molecule has 4 atom stereocenters. The molecule has 0 bridgehead atoms. The van der Waals surface area contributed by atoms with Crippen molar-refractivity contribution in [2.45, 2.75) is 79.2 Å². The summed E-state index contributed by atoms with van der Waals surface area (Å²) >= 11 is 0. The average molecular weight is 471 g/mol. The van der Waals surface area contributed by atoms with Gasteiger partial charge in [-0.1, -0.05) is 24.3 Å². The van der Waals surface area contributed by atoms with Crippen molar-refractivity contribution in [2.24, 2.45) is 0 Å². The highest BCUT2D eigenvalue weighted by Gasteiger charge is 2.25. The molecule has 0 spiro atoms. The largest absolute Gasteiger partial charge is 0.465 e. The van der Waals surface area contributed by atoms with Crippen LogP contribution >= 0.6 is 0 Å². The molecule has 0 aliphatic carbocycles. The second kappa shape index (κ2) is 11.1. The number of aryl methyl sites for hydroxylation is 6. The third-order valence-corrected chi connectivity index (χ3v) is 6.15. The second-order valence-electron chi connectivity index (χ2n) is 9.57. The van der Waals surface area contributed by atoms with Gasteiger partial charge in [0.05, 0.1) is 26.4 Å². The summed E-state index contributed by atoms with van der Waals surface area (Å²) < 4.78 is 34.0. The standard InChI is InChI=1S/C28H38O6/c1-17-9-23(10-18(2)27(17)33-21(5)29-13-25-15-31-25)7-8-24-11-19(3)28(20(4)12-24)34-22(6)30-14-26-16-32-26/h9-12,21-22,25-26H,7-8,13-16H2,1-6H3. The highest BCUT2D eigenvalue weighted by molar-refractivity contribution is 5.45. The van der Waals surface area contributed by atoms with E-state index < -0.39 is 0 Å². The van der Waals surface area contributed by atoms with E-state index in [0.717, 1.165) is 59.8 Å². The van der Waals surface area contributed by atoms with Crippen LogP contribution in [-0.2, 0) is 31.8 Å². The van der Waals surface area contributed by atoms with E-state index in [1.165, 1.54) is 11.1 Å². The molecule has 0 aromatic heterocycles.